The molecule has 0 radical (unpaired) electrons. The fourth-order valence-corrected chi connectivity index (χ4v) is 2.71. The largest absolute Gasteiger partial charge is 0.493 e. The molecule has 100 valence electrons. The number of ether oxygens (including phenoxy) is 1. The van der Waals surface area contributed by atoms with Gasteiger partial charge < -0.3 is 14.9 Å². The van der Waals surface area contributed by atoms with Gasteiger partial charge in [-0.25, -0.2) is 4.98 Å². The molecular weight excluding hydrogens is 252 g/mol. The molecule has 1 atom stereocenters. The number of oxazole rings is 1. The predicted molar refractivity (Wildman–Crippen MR) is 76.8 cm³/mol. The Bertz CT molecular complexity index is 779. The van der Waals surface area contributed by atoms with E-state index in [0.717, 1.165) is 34.7 Å². The number of nitrogen functional groups attached to an aromatic ring is 1. The standard InChI is InChI=1S/C16H14N2O2/c17-10-5-6-13-15(9-10)20-16(18-13)12-7-8-19-14-4-2-1-3-11(12)14/h1-6,9,12H,7-8,17H2. The molecular formula is C16H14N2O2. The molecule has 0 fully saturated rings. The molecule has 4 rings (SSSR count). The fourth-order valence-electron chi connectivity index (χ4n) is 2.71. The number of nitrogens with zero attached hydrogens (tertiary/aromatic N) is 1. The van der Waals surface area contributed by atoms with E-state index >= 15 is 0 Å². The average Bonchev–Trinajstić information content (AvgIpc) is 2.89. The van der Waals surface area contributed by atoms with Gasteiger partial charge in [-0.15, -0.1) is 0 Å². The summed E-state index contributed by atoms with van der Waals surface area (Å²) >= 11 is 0. The summed E-state index contributed by atoms with van der Waals surface area (Å²) in [4.78, 5) is 4.60. The summed E-state index contributed by atoms with van der Waals surface area (Å²) in [5.41, 5.74) is 9.19. The predicted octanol–water partition coefficient (Wildman–Crippen LogP) is 3.32. The van der Waals surface area contributed by atoms with Crippen LogP contribution in [-0.4, -0.2) is 11.6 Å². The number of hydrogen-bond donors (Lipinski definition) is 1. The third-order valence-corrected chi connectivity index (χ3v) is 3.69. The van der Waals surface area contributed by atoms with Gasteiger partial charge in [-0.1, -0.05) is 18.2 Å². The first-order chi connectivity index (χ1) is 9.81. The number of aromatic nitrogens is 1. The van der Waals surface area contributed by atoms with E-state index < -0.39 is 0 Å². The summed E-state index contributed by atoms with van der Waals surface area (Å²) in [5.74, 6) is 1.81. The Kier molecular flexibility index (Phi) is 2.42. The van der Waals surface area contributed by atoms with Crippen LogP contribution in [0.5, 0.6) is 5.75 Å². The molecule has 0 aliphatic carbocycles. The molecule has 2 N–H and O–H groups in total. The van der Waals surface area contributed by atoms with E-state index in [4.69, 9.17) is 14.9 Å². The Morgan fingerprint density at radius 1 is 1.15 bits per heavy atom. The first-order valence-electron chi connectivity index (χ1n) is 6.69. The van der Waals surface area contributed by atoms with Crippen molar-refractivity contribution in [2.45, 2.75) is 12.3 Å². The maximum Gasteiger partial charge on any atom is 0.203 e. The minimum Gasteiger partial charge on any atom is -0.493 e. The van der Waals surface area contributed by atoms with Gasteiger partial charge in [0.2, 0.25) is 5.89 Å². The van der Waals surface area contributed by atoms with Crippen molar-refractivity contribution >= 4 is 16.8 Å². The van der Waals surface area contributed by atoms with Crippen LogP contribution < -0.4 is 10.5 Å². The molecule has 3 aromatic rings. The molecule has 4 nitrogen and oxygen atoms in total. The lowest BCUT2D eigenvalue weighted by molar-refractivity contribution is 0.266. The third kappa shape index (κ3) is 1.72. The maximum absolute atomic E-state index is 5.90. The Hall–Kier alpha value is -2.49. The molecule has 0 bridgehead atoms. The number of nitrogens with two attached hydrogens (primary N) is 1. The molecule has 0 amide bonds. The molecule has 0 spiro atoms. The molecule has 0 saturated heterocycles. The first kappa shape index (κ1) is 11.3. The van der Waals surface area contributed by atoms with Crippen LogP contribution in [0, 0.1) is 0 Å². The van der Waals surface area contributed by atoms with E-state index in [1.165, 1.54) is 0 Å². The van der Waals surface area contributed by atoms with E-state index in [0.29, 0.717) is 12.3 Å². The van der Waals surface area contributed by atoms with Gasteiger partial charge in [0.15, 0.2) is 5.58 Å². The van der Waals surface area contributed by atoms with Gasteiger partial charge in [-0.05, 0) is 24.6 Å². The van der Waals surface area contributed by atoms with Crippen molar-refractivity contribution in [1.82, 2.24) is 4.98 Å². The van der Waals surface area contributed by atoms with Crippen LogP contribution in [-0.2, 0) is 0 Å². The average molecular weight is 266 g/mol. The number of benzene rings is 2. The third-order valence-electron chi connectivity index (χ3n) is 3.69. The van der Waals surface area contributed by atoms with Crippen LogP contribution in [0.1, 0.15) is 23.8 Å². The molecule has 2 heterocycles. The van der Waals surface area contributed by atoms with Crippen molar-refractivity contribution in [3.8, 4) is 5.75 Å². The van der Waals surface area contributed by atoms with Crippen molar-refractivity contribution in [1.29, 1.82) is 0 Å². The normalized spacial score (nSPS) is 17.7. The van der Waals surface area contributed by atoms with Crippen molar-refractivity contribution in [2.24, 2.45) is 0 Å². The van der Waals surface area contributed by atoms with Crippen molar-refractivity contribution in [3.05, 3.63) is 53.9 Å². The second-order valence-corrected chi connectivity index (χ2v) is 5.01. The number of fused-ring (bicyclic) bond motifs is 2. The second-order valence-electron chi connectivity index (χ2n) is 5.01. The highest BCUT2D eigenvalue weighted by atomic mass is 16.5. The van der Waals surface area contributed by atoms with Gasteiger partial charge in [0.1, 0.15) is 11.3 Å². The smallest absolute Gasteiger partial charge is 0.203 e. The van der Waals surface area contributed by atoms with E-state index in [1.54, 1.807) is 0 Å². The van der Waals surface area contributed by atoms with Gasteiger partial charge in [0, 0.05) is 17.3 Å². The summed E-state index contributed by atoms with van der Waals surface area (Å²) in [6.07, 6.45) is 0.874. The SMILES string of the molecule is Nc1ccc2nc(C3CCOc4ccccc43)oc2c1. The van der Waals surface area contributed by atoms with Gasteiger partial charge >= 0.3 is 0 Å². The lowest BCUT2D eigenvalue weighted by Crippen LogP contribution is -2.15. The van der Waals surface area contributed by atoms with E-state index in [2.05, 4.69) is 11.1 Å². The van der Waals surface area contributed by atoms with Crippen molar-refractivity contribution in [2.75, 3.05) is 12.3 Å². The molecule has 1 aliphatic heterocycles. The highest BCUT2D eigenvalue weighted by molar-refractivity contribution is 5.76. The molecule has 20 heavy (non-hydrogen) atoms. The van der Waals surface area contributed by atoms with E-state index in [1.807, 2.05) is 36.4 Å². The van der Waals surface area contributed by atoms with Crippen molar-refractivity contribution in [3.63, 3.8) is 0 Å². The van der Waals surface area contributed by atoms with Gasteiger partial charge in [-0.3, -0.25) is 0 Å². The molecule has 0 saturated carbocycles. The summed E-state index contributed by atoms with van der Waals surface area (Å²) < 4.78 is 11.6. The number of hydrogen-bond acceptors (Lipinski definition) is 4. The summed E-state index contributed by atoms with van der Waals surface area (Å²) in [6, 6.07) is 13.6. The molecule has 4 heteroatoms. The summed E-state index contributed by atoms with van der Waals surface area (Å²) in [5, 5.41) is 0. The Morgan fingerprint density at radius 2 is 2.05 bits per heavy atom. The highest BCUT2D eigenvalue weighted by Crippen LogP contribution is 2.38. The number of rotatable bonds is 1. The van der Waals surface area contributed by atoms with Crippen LogP contribution in [0.25, 0.3) is 11.1 Å². The van der Waals surface area contributed by atoms with Crippen LogP contribution in [0.3, 0.4) is 0 Å². The zero-order valence-electron chi connectivity index (χ0n) is 10.9. The zero-order chi connectivity index (χ0) is 13.5. The molecule has 1 unspecified atom stereocenters. The van der Waals surface area contributed by atoms with E-state index in [9.17, 15) is 0 Å². The minimum atomic E-state index is 0.147. The Morgan fingerprint density at radius 3 is 3.00 bits per heavy atom. The second kappa shape index (κ2) is 4.27. The zero-order valence-corrected chi connectivity index (χ0v) is 10.9. The lowest BCUT2D eigenvalue weighted by atomic mass is 9.93. The Balaban J connectivity index is 1.84. The van der Waals surface area contributed by atoms with Crippen molar-refractivity contribution < 1.29 is 9.15 Å². The number of anilines is 1. The van der Waals surface area contributed by atoms with Crippen LogP contribution in [0.4, 0.5) is 5.69 Å². The highest BCUT2D eigenvalue weighted by Gasteiger charge is 2.26. The van der Waals surface area contributed by atoms with Gasteiger partial charge in [0.05, 0.1) is 12.5 Å². The minimum absolute atomic E-state index is 0.147. The van der Waals surface area contributed by atoms with Gasteiger partial charge in [-0.2, -0.15) is 0 Å². The molecule has 1 aromatic heterocycles. The monoisotopic (exact) mass is 266 g/mol. The fraction of sp³-hybridized carbons (Fsp3) is 0.188. The Labute approximate surface area is 116 Å². The van der Waals surface area contributed by atoms with E-state index in [-0.39, 0.29) is 5.92 Å². The summed E-state index contributed by atoms with van der Waals surface area (Å²) in [6.45, 7) is 0.683. The summed E-state index contributed by atoms with van der Waals surface area (Å²) in [7, 11) is 0. The topological polar surface area (TPSA) is 61.3 Å². The van der Waals surface area contributed by atoms with Crippen LogP contribution >= 0.6 is 0 Å². The maximum atomic E-state index is 5.90. The number of para-hydroxylation sites is 1. The molecule has 2 aromatic carbocycles. The quantitative estimate of drug-likeness (QED) is 0.686. The van der Waals surface area contributed by atoms with Crippen LogP contribution in [0.2, 0.25) is 0 Å². The van der Waals surface area contributed by atoms with Gasteiger partial charge in [0.25, 0.3) is 0 Å². The lowest BCUT2D eigenvalue weighted by Gasteiger charge is -2.23. The first-order valence-corrected chi connectivity index (χ1v) is 6.69. The molecule has 1 aliphatic rings. The van der Waals surface area contributed by atoms with Crippen LogP contribution in [0.15, 0.2) is 46.9 Å².